The van der Waals surface area contributed by atoms with Crippen molar-refractivity contribution in [1.29, 1.82) is 0 Å². The van der Waals surface area contributed by atoms with Crippen LogP contribution in [0.1, 0.15) is 16.1 Å². The van der Waals surface area contributed by atoms with E-state index in [9.17, 15) is 18.0 Å². The minimum atomic E-state index is -4.59. The number of rotatable bonds is 6. The van der Waals surface area contributed by atoms with E-state index in [1.54, 1.807) is 12.1 Å². The maximum absolute atomic E-state index is 13.5. The number of hydrogen-bond acceptors (Lipinski definition) is 4. The zero-order chi connectivity index (χ0) is 20.1. The number of nitrogens with zero attached hydrogens (tertiary/aromatic N) is 3. The number of nitrogens with one attached hydrogen (secondary N) is 1. The first-order valence-corrected chi connectivity index (χ1v) is 8.35. The number of carbonyl (C=O) groups excluding carboxylic acids is 1. The minimum absolute atomic E-state index is 0.154. The van der Waals surface area contributed by atoms with E-state index in [2.05, 4.69) is 15.4 Å². The lowest BCUT2D eigenvalue weighted by molar-refractivity contribution is -0.142. The smallest absolute Gasteiger partial charge is 0.383 e. The molecule has 0 unspecified atom stereocenters. The van der Waals surface area contributed by atoms with Crippen LogP contribution in [0.3, 0.4) is 0 Å². The summed E-state index contributed by atoms with van der Waals surface area (Å²) >= 11 is 0. The number of pyridine rings is 1. The van der Waals surface area contributed by atoms with Gasteiger partial charge in [0.2, 0.25) is 0 Å². The van der Waals surface area contributed by atoms with Crippen molar-refractivity contribution in [2.45, 2.75) is 6.18 Å². The summed E-state index contributed by atoms with van der Waals surface area (Å²) in [4.78, 5) is 15.9. The van der Waals surface area contributed by atoms with Crippen LogP contribution in [-0.4, -0.2) is 40.9 Å². The highest BCUT2D eigenvalue weighted by atomic mass is 19.4. The first kappa shape index (κ1) is 19.6. The molecule has 0 spiro atoms. The molecule has 0 aliphatic rings. The van der Waals surface area contributed by atoms with E-state index in [1.165, 1.54) is 43.8 Å². The molecule has 0 radical (unpaired) electrons. The van der Waals surface area contributed by atoms with Crippen molar-refractivity contribution >= 4 is 5.91 Å². The van der Waals surface area contributed by atoms with Gasteiger partial charge in [-0.1, -0.05) is 0 Å². The molecule has 1 N–H and O–H groups in total. The van der Waals surface area contributed by atoms with Crippen molar-refractivity contribution in [3.63, 3.8) is 0 Å². The Hall–Kier alpha value is -3.20. The summed E-state index contributed by atoms with van der Waals surface area (Å²) in [5.41, 5.74) is 0.232. The Morgan fingerprint density at radius 3 is 2.57 bits per heavy atom. The Morgan fingerprint density at radius 1 is 1.21 bits per heavy atom. The fourth-order valence-corrected chi connectivity index (χ4v) is 2.56. The molecule has 0 fully saturated rings. The van der Waals surface area contributed by atoms with Crippen LogP contribution in [0.5, 0.6) is 0 Å². The summed E-state index contributed by atoms with van der Waals surface area (Å²) in [7, 11) is 1.52. The van der Waals surface area contributed by atoms with Gasteiger partial charge in [-0.05, 0) is 42.5 Å². The van der Waals surface area contributed by atoms with E-state index >= 15 is 0 Å². The normalized spacial score (nSPS) is 11.4. The zero-order valence-corrected chi connectivity index (χ0v) is 14.9. The molecule has 2 heterocycles. The fraction of sp³-hybridized carbons (Fsp3) is 0.211. The predicted molar refractivity (Wildman–Crippen MR) is 96.0 cm³/mol. The molecule has 3 rings (SSSR count). The fourth-order valence-electron chi connectivity index (χ4n) is 2.56. The summed E-state index contributed by atoms with van der Waals surface area (Å²) in [5, 5.41) is 6.74. The third kappa shape index (κ3) is 4.37. The number of methoxy groups -OCH3 is 1. The molecule has 146 valence electrons. The van der Waals surface area contributed by atoms with Gasteiger partial charge in [0.05, 0.1) is 18.0 Å². The van der Waals surface area contributed by atoms with E-state index in [4.69, 9.17) is 4.74 Å². The van der Waals surface area contributed by atoms with Gasteiger partial charge < -0.3 is 10.1 Å². The van der Waals surface area contributed by atoms with E-state index in [0.717, 1.165) is 10.7 Å². The average molecular weight is 390 g/mol. The second-order valence-electron chi connectivity index (χ2n) is 5.86. The Balaban J connectivity index is 1.92. The number of carbonyl (C=O) groups is 1. The lowest BCUT2D eigenvalue weighted by Crippen LogP contribution is -2.26. The second-order valence-corrected chi connectivity index (χ2v) is 5.86. The lowest BCUT2D eigenvalue weighted by atomic mass is 10.2. The van der Waals surface area contributed by atoms with Crippen LogP contribution in [-0.2, 0) is 10.9 Å². The largest absolute Gasteiger partial charge is 0.433 e. The SMILES string of the molecule is COCCNC(=O)c1ccc(-n2nc(-c3cccnc3)cc2C(F)(F)F)cc1. The third-order valence-electron chi connectivity index (χ3n) is 3.92. The molecule has 28 heavy (non-hydrogen) atoms. The molecule has 0 bridgehead atoms. The Morgan fingerprint density at radius 2 is 1.96 bits per heavy atom. The number of benzene rings is 1. The third-order valence-corrected chi connectivity index (χ3v) is 3.92. The van der Waals surface area contributed by atoms with Crippen LogP contribution < -0.4 is 5.32 Å². The van der Waals surface area contributed by atoms with Gasteiger partial charge in [-0.2, -0.15) is 18.3 Å². The van der Waals surface area contributed by atoms with Crippen molar-refractivity contribution in [2.75, 3.05) is 20.3 Å². The number of amides is 1. The van der Waals surface area contributed by atoms with Gasteiger partial charge in [-0.3, -0.25) is 9.78 Å². The quantitative estimate of drug-likeness (QED) is 0.656. The van der Waals surface area contributed by atoms with Crippen LogP contribution >= 0.6 is 0 Å². The Kier molecular flexibility index (Phi) is 5.74. The number of hydrogen-bond donors (Lipinski definition) is 1. The predicted octanol–water partition coefficient (Wildman–Crippen LogP) is 3.33. The van der Waals surface area contributed by atoms with Gasteiger partial charge in [0.15, 0.2) is 0 Å². The number of alkyl halides is 3. The maximum Gasteiger partial charge on any atom is 0.433 e. The van der Waals surface area contributed by atoms with Crippen molar-refractivity contribution in [1.82, 2.24) is 20.1 Å². The molecular formula is C19H17F3N4O2. The molecular weight excluding hydrogens is 373 g/mol. The summed E-state index contributed by atoms with van der Waals surface area (Å²) in [6.07, 6.45) is -1.62. The van der Waals surface area contributed by atoms with Crippen LogP contribution in [0, 0.1) is 0 Å². The van der Waals surface area contributed by atoms with Crippen LogP contribution in [0.2, 0.25) is 0 Å². The monoisotopic (exact) mass is 390 g/mol. The van der Waals surface area contributed by atoms with E-state index in [0.29, 0.717) is 24.3 Å². The highest BCUT2D eigenvalue weighted by Gasteiger charge is 2.36. The van der Waals surface area contributed by atoms with E-state index in [-0.39, 0.29) is 17.3 Å². The first-order chi connectivity index (χ1) is 13.4. The number of ether oxygens (including phenoxy) is 1. The Bertz CT molecular complexity index is 938. The summed E-state index contributed by atoms with van der Waals surface area (Å²) in [6, 6.07) is 9.96. The van der Waals surface area contributed by atoms with Crippen molar-refractivity contribution in [2.24, 2.45) is 0 Å². The topological polar surface area (TPSA) is 69.0 Å². The molecule has 0 saturated heterocycles. The minimum Gasteiger partial charge on any atom is -0.383 e. The average Bonchev–Trinajstić information content (AvgIpc) is 3.15. The standard InChI is InChI=1S/C19H17F3N4O2/c1-28-10-9-24-18(27)13-4-6-15(7-5-13)26-17(19(20,21)22)11-16(25-26)14-3-2-8-23-12-14/h2-8,11-12H,9-10H2,1H3,(H,24,27). The van der Waals surface area contributed by atoms with E-state index < -0.39 is 11.9 Å². The van der Waals surface area contributed by atoms with Crippen molar-refractivity contribution in [3.8, 4) is 16.9 Å². The molecule has 1 amide bonds. The number of halogens is 3. The van der Waals surface area contributed by atoms with Gasteiger partial charge in [0, 0.05) is 37.2 Å². The second kappa shape index (κ2) is 8.22. The molecule has 9 heteroatoms. The van der Waals surface area contributed by atoms with E-state index in [1.807, 2.05) is 0 Å². The zero-order valence-electron chi connectivity index (χ0n) is 14.9. The molecule has 6 nitrogen and oxygen atoms in total. The molecule has 0 atom stereocenters. The van der Waals surface area contributed by atoms with Gasteiger partial charge in [-0.15, -0.1) is 0 Å². The van der Waals surface area contributed by atoms with Gasteiger partial charge in [-0.25, -0.2) is 4.68 Å². The lowest BCUT2D eigenvalue weighted by Gasteiger charge is -2.11. The molecule has 0 aliphatic heterocycles. The molecule has 2 aromatic heterocycles. The summed E-state index contributed by atoms with van der Waals surface area (Å²) in [5.74, 6) is -0.337. The summed E-state index contributed by atoms with van der Waals surface area (Å²) in [6.45, 7) is 0.701. The van der Waals surface area contributed by atoms with Crippen molar-refractivity contribution in [3.05, 3.63) is 66.1 Å². The van der Waals surface area contributed by atoms with Crippen molar-refractivity contribution < 1.29 is 22.7 Å². The molecule has 0 aliphatic carbocycles. The maximum atomic E-state index is 13.5. The van der Waals surface area contributed by atoms with Crippen LogP contribution in [0.15, 0.2) is 54.9 Å². The molecule has 3 aromatic rings. The highest BCUT2D eigenvalue weighted by molar-refractivity contribution is 5.94. The van der Waals surface area contributed by atoms with Gasteiger partial charge in [0.1, 0.15) is 5.69 Å². The Labute approximate surface area is 159 Å². The van der Waals surface area contributed by atoms with Gasteiger partial charge in [0.25, 0.3) is 5.91 Å². The van der Waals surface area contributed by atoms with Crippen LogP contribution in [0.4, 0.5) is 13.2 Å². The van der Waals surface area contributed by atoms with Gasteiger partial charge >= 0.3 is 6.18 Å². The summed E-state index contributed by atoms with van der Waals surface area (Å²) < 4.78 is 46.1. The highest BCUT2D eigenvalue weighted by Crippen LogP contribution is 2.33. The van der Waals surface area contributed by atoms with Crippen LogP contribution in [0.25, 0.3) is 16.9 Å². The molecule has 1 aromatic carbocycles. The number of aromatic nitrogens is 3. The first-order valence-electron chi connectivity index (χ1n) is 8.35. The molecule has 0 saturated carbocycles.